The lowest BCUT2D eigenvalue weighted by Crippen LogP contribution is -2.45. The third-order valence-electron chi connectivity index (χ3n) is 4.58. The van der Waals surface area contributed by atoms with Gasteiger partial charge in [0.15, 0.2) is 0 Å². The van der Waals surface area contributed by atoms with E-state index in [0.717, 1.165) is 19.3 Å². The zero-order valence-corrected chi connectivity index (χ0v) is 10.6. The van der Waals surface area contributed by atoms with E-state index in [9.17, 15) is 15.0 Å². The Morgan fingerprint density at radius 2 is 2.16 bits per heavy atom. The maximum absolute atomic E-state index is 12.1. The van der Waals surface area contributed by atoms with Crippen LogP contribution in [0.2, 0.25) is 0 Å². The summed E-state index contributed by atoms with van der Waals surface area (Å²) in [5.41, 5.74) is 0.361. The number of carbonyl (C=O) groups is 1. The first-order chi connectivity index (χ1) is 9.19. The average Bonchev–Trinajstić information content (AvgIpc) is 2.99. The van der Waals surface area contributed by atoms with E-state index in [1.54, 1.807) is 0 Å². The number of aliphatic hydroxyl groups is 1. The maximum Gasteiger partial charge on any atom is 0.253 e. The zero-order chi connectivity index (χ0) is 13.4. The molecule has 5 heteroatoms. The van der Waals surface area contributed by atoms with E-state index in [1.165, 1.54) is 18.5 Å². The van der Waals surface area contributed by atoms with Crippen LogP contribution in [0.3, 0.4) is 0 Å². The van der Waals surface area contributed by atoms with Crippen molar-refractivity contribution >= 4 is 5.91 Å². The number of carbonyl (C=O) groups excluding carboxylic acids is 1. The molecule has 19 heavy (non-hydrogen) atoms. The van der Waals surface area contributed by atoms with Crippen LogP contribution in [0.25, 0.3) is 0 Å². The van der Waals surface area contributed by atoms with Gasteiger partial charge in [-0.25, -0.2) is 0 Å². The molecule has 3 N–H and O–H groups in total. The number of rotatable bonds is 3. The lowest BCUT2D eigenvalue weighted by atomic mass is 9.85. The predicted molar refractivity (Wildman–Crippen MR) is 68.6 cm³/mol. The molecule has 102 valence electrons. The molecular formula is C14H18N2O3. The molecule has 1 amide bonds. The highest BCUT2D eigenvalue weighted by Gasteiger charge is 2.47. The smallest absolute Gasteiger partial charge is 0.253 e. The van der Waals surface area contributed by atoms with E-state index < -0.39 is 0 Å². The average molecular weight is 262 g/mol. The number of aromatic hydroxyl groups is 1. The fraction of sp³-hybridized carbons (Fsp3) is 0.571. The molecule has 2 saturated carbocycles. The summed E-state index contributed by atoms with van der Waals surface area (Å²) in [6, 6.07) is 1.46. The number of amides is 1. The number of pyridine rings is 1. The fourth-order valence-corrected chi connectivity index (χ4v) is 3.68. The largest absolute Gasteiger partial charge is 0.506 e. The van der Waals surface area contributed by atoms with Crippen LogP contribution in [0.5, 0.6) is 5.75 Å². The molecule has 1 aromatic heterocycles. The molecule has 4 unspecified atom stereocenters. The summed E-state index contributed by atoms with van der Waals surface area (Å²) in [5.74, 6) is 0.964. The summed E-state index contributed by atoms with van der Waals surface area (Å²) >= 11 is 0. The minimum Gasteiger partial charge on any atom is -0.506 e. The molecule has 2 bridgehead atoms. The quantitative estimate of drug-likeness (QED) is 0.756. The Hall–Kier alpha value is -1.62. The molecule has 1 heterocycles. The minimum absolute atomic E-state index is 0.0145. The van der Waals surface area contributed by atoms with E-state index in [4.69, 9.17) is 0 Å². The normalized spacial score (nSPS) is 32.5. The Morgan fingerprint density at radius 1 is 1.37 bits per heavy atom. The molecule has 1 aromatic rings. The van der Waals surface area contributed by atoms with Crippen LogP contribution >= 0.6 is 0 Å². The van der Waals surface area contributed by atoms with Gasteiger partial charge in [0.05, 0.1) is 11.8 Å². The molecule has 2 fully saturated rings. The van der Waals surface area contributed by atoms with Crippen LogP contribution in [0.1, 0.15) is 29.6 Å². The lowest BCUT2D eigenvalue weighted by molar-refractivity contribution is 0.0861. The van der Waals surface area contributed by atoms with Crippen molar-refractivity contribution < 1.29 is 15.0 Å². The van der Waals surface area contributed by atoms with Gasteiger partial charge in [0.1, 0.15) is 5.75 Å². The van der Waals surface area contributed by atoms with Crippen LogP contribution in [0.4, 0.5) is 0 Å². The van der Waals surface area contributed by atoms with Gasteiger partial charge in [-0.3, -0.25) is 9.78 Å². The molecule has 2 aliphatic rings. The van der Waals surface area contributed by atoms with Gasteiger partial charge in [-0.05, 0) is 37.2 Å². The van der Waals surface area contributed by atoms with Crippen molar-refractivity contribution in [2.45, 2.75) is 25.3 Å². The molecule has 0 spiro atoms. The van der Waals surface area contributed by atoms with Gasteiger partial charge in [-0.1, -0.05) is 0 Å². The number of fused-ring (bicyclic) bond motifs is 2. The Kier molecular flexibility index (Phi) is 3.14. The van der Waals surface area contributed by atoms with Crippen LogP contribution < -0.4 is 5.32 Å². The monoisotopic (exact) mass is 262 g/mol. The zero-order valence-electron chi connectivity index (χ0n) is 10.6. The first-order valence-corrected chi connectivity index (χ1v) is 6.74. The number of nitrogens with one attached hydrogen (secondary N) is 1. The van der Waals surface area contributed by atoms with Gasteiger partial charge in [0.25, 0.3) is 5.91 Å². The van der Waals surface area contributed by atoms with Crippen LogP contribution in [0, 0.1) is 17.8 Å². The first-order valence-electron chi connectivity index (χ1n) is 6.74. The van der Waals surface area contributed by atoms with Gasteiger partial charge in [0.2, 0.25) is 0 Å². The molecular weight excluding hydrogens is 244 g/mol. The molecule has 0 saturated heterocycles. The van der Waals surface area contributed by atoms with Gasteiger partial charge in [0, 0.05) is 24.8 Å². The summed E-state index contributed by atoms with van der Waals surface area (Å²) in [5, 5.41) is 21.8. The molecule has 0 aromatic carbocycles. The number of aliphatic hydroxyl groups excluding tert-OH is 1. The van der Waals surface area contributed by atoms with Crippen molar-refractivity contribution in [2.24, 2.45) is 17.8 Å². The van der Waals surface area contributed by atoms with Crippen molar-refractivity contribution in [1.82, 2.24) is 10.3 Å². The third-order valence-corrected chi connectivity index (χ3v) is 4.58. The standard InChI is InChI=1S/C14H18N2O3/c17-7-12-8-1-2-9(3-8)13(12)16-14(19)10-4-11(18)6-15-5-10/h4-6,8-9,12-13,17-18H,1-3,7H2,(H,16,19). The highest BCUT2D eigenvalue weighted by atomic mass is 16.3. The van der Waals surface area contributed by atoms with E-state index in [-0.39, 0.29) is 30.2 Å². The summed E-state index contributed by atoms with van der Waals surface area (Å²) in [7, 11) is 0. The highest BCUT2D eigenvalue weighted by molar-refractivity contribution is 5.94. The van der Waals surface area contributed by atoms with E-state index in [0.29, 0.717) is 17.4 Å². The minimum atomic E-state index is -0.223. The first kappa shape index (κ1) is 12.4. The second-order valence-corrected chi connectivity index (χ2v) is 5.61. The van der Waals surface area contributed by atoms with Crippen molar-refractivity contribution in [3.63, 3.8) is 0 Å². The predicted octanol–water partition coefficient (Wildman–Crippen LogP) is 0.924. The third kappa shape index (κ3) is 2.18. The van der Waals surface area contributed by atoms with Gasteiger partial charge >= 0.3 is 0 Å². The van der Waals surface area contributed by atoms with Crippen molar-refractivity contribution in [3.8, 4) is 5.75 Å². The number of nitrogens with zero attached hydrogens (tertiary/aromatic N) is 1. The second-order valence-electron chi connectivity index (χ2n) is 5.61. The summed E-state index contributed by atoms with van der Waals surface area (Å²) in [4.78, 5) is 16.0. The molecule has 3 rings (SSSR count). The van der Waals surface area contributed by atoms with Gasteiger partial charge in [-0.2, -0.15) is 0 Å². The summed E-state index contributed by atoms with van der Waals surface area (Å²) < 4.78 is 0. The van der Waals surface area contributed by atoms with Gasteiger partial charge in [-0.15, -0.1) is 0 Å². The molecule has 5 nitrogen and oxygen atoms in total. The highest BCUT2D eigenvalue weighted by Crippen LogP contribution is 2.48. The Bertz CT molecular complexity index is 491. The number of aromatic nitrogens is 1. The van der Waals surface area contributed by atoms with E-state index in [2.05, 4.69) is 10.3 Å². The van der Waals surface area contributed by atoms with Crippen molar-refractivity contribution in [3.05, 3.63) is 24.0 Å². The second kappa shape index (κ2) is 4.81. The van der Waals surface area contributed by atoms with Crippen LogP contribution in [-0.2, 0) is 0 Å². The molecule has 4 atom stereocenters. The van der Waals surface area contributed by atoms with E-state index in [1.807, 2.05) is 0 Å². The topological polar surface area (TPSA) is 82.5 Å². The number of hydrogen-bond acceptors (Lipinski definition) is 4. The maximum atomic E-state index is 12.1. The van der Waals surface area contributed by atoms with Gasteiger partial charge < -0.3 is 15.5 Å². The fourth-order valence-electron chi connectivity index (χ4n) is 3.68. The SMILES string of the molecule is O=C(NC1C2CCC(C2)C1CO)c1cncc(O)c1. The lowest BCUT2D eigenvalue weighted by Gasteiger charge is -2.30. The Labute approximate surface area is 111 Å². The van der Waals surface area contributed by atoms with Crippen molar-refractivity contribution in [1.29, 1.82) is 0 Å². The molecule has 0 radical (unpaired) electrons. The summed E-state index contributed by atoms with van der Waals surface area (Å²) in [6.07, 6.45) is 6.13. The molecule has 0 aliphatic heterocycles. The Balaban J connectivity index is 1.73. The van der Waals surface area contributed by atoms with Crippen LogP contribution in [-0.4, -0.2) is 33.8 Å². The summed E-state index contributed by atoms with van der Waals surface area (Å²) in [6.45, 7) is 0.129. The van der Waals surface area contributed by atoms with Crippen LogP contribution in [0.15, 0.2) is 18.5 Å². The Morgan fingerprint density at radius 3 is 2.89 bits per heavy atom. The number of hydrogen-bond donors (Lipinski definition) is 3. The molecule has 2 aliphatic carbocycles. The van der Waals surface area contributed by atoms with E-state index >= 15 is 0 Å². The van der Waals surface area contributed by atoms with Crippen molar-refractivity contribution in [2.75, 3.05) is 6.61 Å².